The van der Waals surface area contributed by atoms with Crippen LogP contribution in [0.15, 0.2) is 35.2 Å². The van der Waals surface area contributed by atoms with Crippen molar-refractivity contribution in [2.24, 2.45) is 0 Å². The Morgan fingerprint density at radius 2 is 1.69 bits per heavy atom. The lowest BCUT2D eigenvalue weighted by molar-refractivity contribution is 0.484. The first kappa shape index (κ1) is 12.5. The summed E-state index contributed by atoms with van der Waals surface area (Å²) in [6.45, 7) is 0. The molecule has 2 aromatic carbocycles. The van der Waals surface area contributed by atoms with Crippen molar-refractivity contribution in [1.82, 2.24) is 0 Å². The summed E-state index contributed by atoms with van der Waals surface area (Å²) in [5, 5.41) is 1.39. The fourth-order valence-electron chi connectivity index (χ4n) is 1.48. The van der Waals surface area contributed by atoms with Crippen molar-refractivity contribution in [3.63, 3.8) is 0 Å². The van der Waals surface area contributed by atoms with Crippen molar-refractivity contribution < 1.29 is 13.0 Å². The molecule has 0 unspecified atom stereocenters. The lowest BCUT2D eigenvalue weighted by Crippen LogP contribution is -1.99. The molecular formula is C10H6I2O3S. The van der Waals surface area contributed by atoms with Crippen LogP contribution in [0.3, 0.4) is 0 Å². The summed E-state index contributed by atoms with van der Waals surface area (Å²) in [4.78, 5) is -0.0423. The zero-order valence-corrected chi connectivity index (χ0v) is 12.9. The van der Waals surface area contributed by atoms with Gasteiger partial charge in [-0.15, -0.1) is 0 Å². The van der Waals surface area contributed by atoms with Crippen LogP contribution in [-0.4, -0.2) is 13.0 Å². The minimum absolute atomic E-state index is 0.0423. The maximum Gasteiger partial charge on any atom is 0.295 e. The zero-order chi connectivity index (χ0) is 11.9. The summed E-state index contributed by atoms with van der Waals surface area (Å²) in [6, 6.07) is 8.52. The van der Waals surface area contributed by atoms with Crippen molar-refractivity contribution >= 4 is 66.1 Å². The molecule has 0 fully saturated rings. The second-order valence-electron chi connectivity index (χ2n) is 3.21. The molecule has 2 rings (SSSR count). The number of benzene rings is 2. The van der Waals surface area contributed by atoms with Gasteiger partial charge < -0.3 is 0 Å². The SMILES string of the molecule is O=S(=O)(O)c1ccc(I)c2cc(I)ccc12. The van der Waals surface area contributed by atoms with Gasteiger partial charge in [0, 0.05) is 12.5 Å². The predicted molar refractivity (Wildman–Crippen MR) is 79.2 cm³/mol. The molecule has 0 saturated heterocycles. The molecule has 0 aliphatic carbocycles. The van der Waals surface area contributed by atoms with Crippen LogP contribution in [0.25, 0.3) is 10.8 Å². The highest BCUT2D eigenvalue weighted by molar-refractivity contribution is 14.1. The highest BCUT2D eigenvalue weighted by Crippen LogP contribution is 2.28. The third-order valence-electron chi connectivity index (χ3n) is 2.16. The molecule has 1 N–H and O–H groups in total. The van der Waals surface area contributed by atoms with Gasteiger partial charge >= 0.3 is 0 Å². The first-order valence-electron chi connectivity index (χ1n) is 4.25. The number of hydrogen-bond acceptors (Lipinski definition) is 2. The van der Waals surface area contributed by atoms with Gasteiger partial charge in [0.15, 0.2) is 0 Å². The molecule has 0 aromatic heterocycles. The van der Waals surface area contributed by atoms with E-state index >= 15 is 0 Å². The highest BCUT2D eigenvalue weighted by atomic mass is 127. The molecule has 0 bridgehead atoms. The van der Waals surface area contributed by atoms with Crippen LogP contribution in [0, 0.1) is 7.14 Å². The molecule has 3 nitrogen and oxygen atoms in total. The van der Waals surface area contributed by atoms with E-state index in [1.165, 1.54) is 6.07 Å². The van der Waals surface area contributed by atoms with Gasteiger partial charge in [0.1, 0.15) is 4.90 Å². The van der Waals surface area contributed by atoms with E-state index in [4.69, 9.17) is 4.55 Å². The van der Waals surface area contributed by atoms with E-state index in [0.717, 1.165) is 12.5 Å². The molecule has 0 aliphatic heterocycles. The molecule has 84 valence electrons. The first-order chi connectivity index (χ1) is 7.39. The lowest BCUT2D eigenvalue weighted by atomic mass is 10.1. The summed E-state index contributed by atoms with van der Waals surface area (Å²) in [7, 11) is -4.16. The van der Waals surface area contributed by atoms with Crippen molar-refractivity contribution in [2.45, 2.75) is 4.90 Å². The van der Waals surface area contributed by atoms with E-state index in [0.29, 0.717) is 5.39 Å². The molecule has 2 aromatic rings. The molecule has 0 spiro atoms. The zero-order valence-electron chi connectivity index (χ0n) is 7.81. The van der Waals surface area contributed by atoms with Crippen LogP contribution in [0.5, 0.6) is 0 Å². The minimum atomic E-state index is -4.16. The van der Waals surface area contributed by atoms with Crippen LogP contribution in [0.1, 0.15) is 0 Å². The Kier molecular flexibility index (Phi) is 3.44. The van der Waals surface area contributed by atoms with Crippen molar-refractivity contribution in [1.29, 1.82) is 0 Å². The average Bonchev–Trinajstić information content (AvgIpc) is 2.17. The predicted octanol–water partition coefficient (Wildman–Crippen LogP) is 3.30. The summed E-state index contributed by atoms with van der Waals surface area (Å²) in [5.41, 5.74) is 0. The Bertz CT molecular complexity index is 665. The number of halogens is 2. The van der Waals surface area contributed by atoms with Gasteiger partial charge in [-0.1, -0.05) is 6.07 Å². The van der Waals surface area contributed by atoms with Crippen LogP contribution in [-0.2, 0) is 10.1 Å². The molecule has 0 radical (unpaired) electrons. The topological polar surface area (TPSA) is 54.4 Å². The second-order valence-corrected chi connectivity index (χ2v) is 7.01. The van der Waals surface area contributed by atoms with Gasteiger partial charge in [-0.25, -0.2) is 0 Å². The van der Waals surface area contributed by atoms with Crippen LogP contribution in [0.2, 0.25) is 0 Å². The molecular weight excluding hydrogens is 454 g/mol. The highest BCUT2D eigenvalue weighted by Gasteiger charge is 2.15. The van der Waals surface area contributed by atoms with Crippen LogP contribution >= 0.6 is 45.2 Å². The normalized spacial score (nSPS) is 11.9. The minimum Gasteiger partial charge on any atom is -0.282 e. The van der Waals surface area contributed by atoms with Gasteiger partial charge in [-0.3, -0.25) is 4.55 Å². The third kappa shape index (κ3) is 2.34. The van der Waals surface area contributed by atoms with Gasteiger partial charge in [-0.2, -0.15) is 8.42 Å². The van der Waals surface area contributed by atoms with E-state index in [2.05, 4.69) is 45.2 Å². The fraction of sp³-hybridized carbons (Fsp3) is 0. The second kappa shape index (κ2) is 4.39. The summed E-state index contributed by atoms with van der Waals surface area (Å²) in [6.07, 6.45) is 0. The Balaban J connectivity index is 2.96. The van der Waals surface area contributed by atoms with Gasteiger partial charge in [-0.05, 0) is 74.8 Å². The Morgan fingerprint density at radius 1 is 1.00 bits per heavy atom. The molecule has 0 heterocycles. The van der Waals surface area contributed by atoms with Crippen molar-refractivity contribution in [2.75, 3.05) is 0 Å². The quantitative estimate of drug-likeness (QED) is 0.526. The van der Waals surface area contributed by atoms with E-state index in [1.807, 2.05) is 12.1 Å². The first-order valence-corrected chi connectivity index (χ1v) is 7.84. The maximum atomic E-state index is 11.2. The third-order valence-corrected chi connectivity index (χ3v) is 4.69. The van der Waals surface area contributed by atoms with E-state index in [1.54, 1.807) is 12.1 Å². The van der Waals surface area contributed by atoms with E-state index in [9.17, 15) is 8.42 Å². The Hall–Kier alpha value is 0.0700. The summed E-state index contributed by atoms with van der Waals surface area (Å²) in [5.74, 6) is 0. The van der Waals surface area contributed by atoms with Gasteiger partial charge in [0.05, 0.1) is 0 Å². The molecule has 0 atom stereocenters. The number of fused-ring (bicyclic) bond motifs is 1. The standard InChI is InChI=1S/C10H6I2O3S/c11-6-1-2-7-8(5-6)9(12)3-4-10(7)16(13,14)15/h1-5H,(H,13,14,15). The Morgan fingerprint density at radius 3 is 2.31 bits per heavy atom. The monoisotopic (exact) mass is 460 g/mol. The fourth-order valence-corrected chi connectivity index (χ4v) is 3.30. The largest absolute Gasteiger partial charge is 0.295 e. The Labute approximate surface area is 120 Å². The van der Waals surface area contributed by atoms with Crippen LogP contribution in [0.4, 0.5) is 0 Å². The molecule has 0 aliphatic rings. The van der Waals surface area contributed by atoms with Crippen molar-refractivity contribution in [3.05, 3.63) is 37.5 Å². The van der Waals surface area contributed by atoms with E-state index in [-0.39, 0.29) is 4.90 Å². The smallest absolute Gasteiger partial charge is 0.282 e. The van der Waals surface area contributed by atoms with Crippen molar-refractivity contribution in [3.8, 4) is 0 Å². The number of hydrogen-bond donors (Lipinski definition) is 1. The molecule has 0 amide bonds. The van der Waals surface area contributed by atoms with Gasteiger partial charge in [0.2, 0.25) is 0 Å². The van der Waals surface area contributed by atoms with Crippen LogP contribution < -0.4 is 0 Å². The van der Waals surface area contributed by atoms with Gasteiger partial charge in [0.25, 0.3) is 10.1 Å². The molecule has 0 saturated carbocycles. The molecule has 6 heteroatoms. The summed E-state index contributed by atoms with van der Waals surface area (Å²) < 4.78 is 33.5. The average molecular weight is 460 g/mol. The lowest BCUT2D eigenvalue weighted by Gasteiger charge is -2.06. The molecule has 16 heavy (non-hydrogen) atoms. The maximum absolute atomic E-state index is 11.2. The van der Waals surface area contributed by atoms with E-state index < -0.39 is 10.1 Å². The number of rotatable bonds is 1. The summed E-state index contributed by atoms with van der Waals surface area (Å²) >= 11 is 4.30.